The number of hydrogen-bond acceptors (Lipinski definition) is 2. The number of nitrogens with one attached hydrogen (secondary N) is 1. The van der Waals surface area contributed by atoms with Gasteiger partial charge in [-0.05, 0) is 36.8 Å². The molecule has 1 aromatic heterocycles. The number of rotatable bonds is 2. The highest BCUT2D eigenvalue weighted by Gasteiger charge is 2.17. The molecule has 0 bridgehead atoms. The van der Waals surface area contributed by atoms with E-state index >= 15 is 0 Å². The van der Waals surface area contributed by atoms with Crippen LogP contribution in [0, 0.1) is 6.92 Å². The average Bonchev–Trinajstić information content (AvgIpc) is 3.04. The van der Waals surface area contributed by atoms with Gasteiger partial charge in [0.2, 0.25) is 0 Å². The molecule has 3 rings (SSSR count). The van der Waals surface area contributed by atoms with Crippen LogP contribution in [0.25, 0.3) is 5.69 Å². The Balaban J connectivity index is 1.79. The summed E-state index contributed by atoms with van der Waals surface area (Å²) in [5, 5.41) is 3.05. The number of urea groups is 1. The fraction of sp³-hybridized carbons (Fsp3) is 0.312. The summed E-state index contributed by atoms with van der Waals surface area (Å²) < 4.78 is 2.06. The molecular formula is C16H19N3OS. The molecule has 4 nitrogen and oxygen atoms in total. The molecule has 2 amide bonds. The predicted octanol–water partition coefficient (Wildman–Crippen LogP) is 3.37. The van der Waals surface area contributed by atoms with E-state index in [4.69, 9.17) is 0 Å². The van der Waals surface area contributed by atoms with Crippen LogP contribution in [0.1, 0.15) is 5.56 Å². The lowest BCUT2D eigenvalue weighted by atomic mass is 10.1. The highest BCUT2D eigenvalue weighted by molar-refractivity contribution is 7.99. The zero-order valence-electron chi connectivity index (χ0n) is 12.1. The summed E-state index contributed by atoms with van der Waals surface area (Å²) in [5.41, 5.74) is 3.05. The molecule has 1 N–H and O–H groups in total. The topological polar surface area (TPSA) is 37.3 Å². The average molecular weight is 301 g/mol. The van der Waals surface area contributed by atoms with E-state index in [1.807, 2.05) is 60.2 Å². The lowest BCUT2D eigenvalue weighted by Gasteiger charge is -2.27. The normalized spacial score (nSPS) is 15.0. The van der Waals surface area contributed by atoms with Crippen molar-refractivity contribution in [2.24, 2.45) is 0 Å². The smallest absolute Gasteiger partial charge is 0.321 e. The van der Waals surface area contributed by atoms with Gasteiger partial charge in [-0.15, -0.1) is 0 Å². The fourth-order valence-electron chi connectivity index (χ4n) is 2.49. The third-order valence-electron chi connectivity index (χ3n) is 3.73. The van der Waals surface area contributed by atoms with Crippen LogP contribution in [0.3, 0.4) is 0 Å². The zero-order valence-corrected chi connectivity index (χ0v) is 12.9. The van der Waals surface area contributed by atoms with Gasteiger partial charge < -0.3 is 14.8 Å². The number of carbonyl (C=O) groups excluding carboxylic acids is 1. The molecule has 0 atom stereocenters. The number of amides is 2. The van der Waals surface area contributed by atoms with Gasteiger partial charge in [0.1, 0.15) is 0 Å². The van der Waals surface area contributed by atoms with Gasteiger partial charge in [-0.3, -0.25) is 0 Å². The standard InChI is InChI=1S/C16H19N3OS/c1-13-14(17-16(20)19-9-11-21-12-10-19)5-4-6-15(13)18-7-2-3-8-18/h2-8H,9-12H2,1H3,(H,17,20). The minimum Gasteiger partial charge on any atom is -0.324 e. The molecule has 21 heavy (non-hydrogen) atoms. The lowest BCUT2D eigenvalue weighted by molar-refractivity contribution is 0.217. The second kappa shape index (κ2) is 6.26. The summed E-state index contributed by atoms with van der Waals surface area (Å²) >= 11 is 1.90. The van der Waals surface area contributed by atoms with Gasteiger partial charge in [-0.25, -0.2) is 4.79 Å². The van der Waals surface area contributed by atoms with Gasteiger partial charge in [0, 0.05) is 48.4 Å². The van der Waals surface area contributed by atoms with Crippen molar-refractivity contribution in [3.05, 3.63) is 48.3 Å². The summed E-state index contributed by atoms with van der Waals surface area (Å²) in [7, 11) is 0. The number of anilines is 1. The fourth-order valence-corrected chi connectivity index (χ4v) is 3.40. The molecule has 0 saturated carbocycles. The van der Waals surface area contributed by atoms with Crippen molar-refractivity contribution >= 4 is 23.5 Å². The van der Waals surface area contributed by atoms with Crippen LogP contribution < -0.4 is 5.32 Å². The predicted molar refractivity (Wildman–Crippen MR) is 88.4 cm³/mol. The Kier molecular flexibility index (Phi) is 4.20. The van der Waals surface area contributed by atoms with Crippen LogP contribution >= 0.6 is 11.8 Å². The summed E-state index contributed by atoms with van der Waals surface area (Å²) in [4.78, 5) is 14.2. The van der Waals surface area contributed by atoms with Gasteiger partial charge in [-0.1, -0.05) is 6.07 Å². The van der Waals surface area contributed by atoms with E-state index in [9.17, 15) is 4.79 Å². The molecule has 1 aromatic carbocycles. The molecule has 110 valence electrons. The van der Waals surface area contributed by atoms with Crippen LogP contribution in [-0.2, 0) is 0 Å². The minimum absolute atomic E-state index is 0.00283. The van der Waals surface area contributed by atoms with Crippen LogP contribution in [0.15, 0.2) is 42.7 Å². The second-order valence-corrected chi connectivity index (χ2v) is 6.29. The Morgan fingerprint density at radius 2 is 1.86 bits per heavy atom. The maximum Gasteiger partial charge on any atom is 0.321 e. The molecule has 1 aliphatic heterocycles. The maximum atomic E-state index is 12.3. The van der Waals surface area contributed by atoms with Crippen LogP contribution in [0.4, 0.5) is 10.5 Å². The number of benzene rings is 1. The first kappa shape index (κ1) is 14.1. The first-order valence-corrected chi connectivity index (χ1v) is 8.28. The molecule has 2 heterocycles. The summed E-state index contributed by atoms with van der Waals surface area (Å²) in [6.07, 6.45) is 4.02. The minimum atomic E-state index is 0.00283. The Labute approximate surface area is 129 Å². The third kappa shape index (κ3) is 3.08. The molecule has 1 fully saturated rings. The van der Waals surface area contributed by atoms with Crippen LogP contribution in [0.2, 0.25) is 0 Å². The van der Waals surface area contributed by atoms with Gasteiger partial charge in [0.25, 0.3) is 0 Å². The van der Waals surface area contributed by atoms with Crippen molar-refractivity contribution in [3.63, 3.8) is 0 Å². The molecule has 1 saturated heterocycles. The van der Waals surface area contributed by atoms with Crippen LogP contribution in [-0.4, -0.2) is 40.1 Å². The van der Waals surface area contributed by atoms with E-state index in [1.165, 1.54) is 0 Å². The molecule has 0 radical (unpaired) electrons. The second-order valence-electron chi connectivity index (χ2n) is 5.07. The maximum absolute atomic E-state index is 12.3. The SMILES string of the molecule is Cc1c(NC(=O)N2CCSCC2)cccc1-n1cccc1. The number of hydrogen-bond donors (Lipinski definition) is 1. The molecule has 0 unspecified atom stereocenters. The molecule has 2 aromatic rings. The number of aromatic nitrogens is 1. The summed E-state index contributed by atoms with van der Waals surface area (Å²) in [6.45, 7) is 3.69. The van der Waals surface area contributed by atoms with Gasteiger partial charge in [-0.2, -0.15) is 11.8 Å². The van der Waals surface area contributed by atoms with Gasteiger partial charge >= 0.3 is 6.03 Å². The van der Waals surface area contributed by atoms with Crippen molar-refractivity contribution in [1.82, 2.24) is 9.47 Å². The molecular weight excluding hydrogens is 282 g/mol. The largest absolute Gasteiger partial charge is 0.324 e. The number of nitrogens with zero attached hydrogens (tertiary/aromatic N) is 2. The third-order valence-corrected chi connectivity index (χ3v) is 4.67. The van der Waals surface area contributed by atoms with E-state index in [2.05, 4.69) is 16.0 Å². The quantitative estimate of drug-likeness (QED) is 0.923. The van der Waals surface area contributed by atoms with E-state index < -0.39 is 0 Å². The molecule has 0 aliphatic carbocycles. The van der Waals surface area contributed by atoms with Crippen molar-refractivity contribution < 1.29 is 4.79 Å². The number of thioether (sulfide) groups is 1. The Hall–Kier alpha value is -1.88. The Bertz CT molecular complexity index is 618. The first-order chi connectivity index (χ1) is 10.3. The van der Waals surface area contributed by atoms with Crippen molar-refractivity contribution in [2.75, 3.05) is 29.9 Å². The number of carbonyl (C=O) groups is 1. The van der Waals surface area contributed by atoms with E-state index in [0.717, 1.165) is 41.5 Å². The van der Waals surface area contributed by atoms with Gasteiger partial charge in [0.05, 0.1) is 0 Å². The summed E-state index contributed by atoms with van der Waals surface area (Å²) in [6, 6.07) is 9.99. The highest BCUT2D eigenvalue weighted by Crippen LogP contribution is 2.23. The zero-order chi connectivity index (χ0) is 14.7. The highest BCUT2D eigenvalue weighted by atomic mass is 32.2. The van der Waals surface area contributed by atoms with Crippen LogP contribution in [0.5, 0.6) is 0 Å². The van der Waals surface area contributed by atoms with Crippen molar-refractivity contribution in [2.45, 2.75) is 6.92 Å². The Morgan fingerprint density at radius 1 is 1.14 bits per heavy atom. The van der Waals surface area contributed by atoms with Crippen molar-refractivity contribution in [3.8, 4) is 5.69 Å². The molecule has 5 heteroatoms. The Morgan fingerprint density at radius 3 is 2.57 bits per heavy atom. The first-order valence-electron chi connectivity index (χ1n) is 7.12. The molecule has 0 spiro atoms. The van der Waals surface area contributed by atoms with E-state index in [-0.39, 0.29) is 6.03 Å². The monoisotopic (exact) mass is 301 g/mol. The van der Waals surface area contributed by atoms with E-state index in [1.54, 1.807) is 0 Å². The molecule has 1 aliphatic rings. The lowest BCUT2D eigenvalue weighted by Crippen LogP contribution is -2.40. The van der Waals surface area contributed by atoms with E-state index in [0.29, 0.717) is 0 Å². The van der Waals surface area contributed by atoms with Gasteiger partial charge in [0.15, 0.2) is 0 Å². The summed E-state index contributed by atoms with van der Waals surface area (Å²) in [5.74, 6) is 2.05. The van der Waals surface area contributed by atoms with Crippen molar-refractivity contribution in [1.29, 1.82) is 0 Å².